The van der Waals surface area contributed by atoms with E-state index in [1.54, 1.807) is 0 Å². The van der Waals surface area contributed by atoms with Gasteiger partial charge in [0.05, 0.1) is 0 Å². The van der Waals surface area contributed by atoms with Crippen LogP contribution in [-0.2, 0) is 0 Å². The van der Waals surface area contributed by atoms with Crippen molar-refractivity contribution >= 4 is 0 Å². The second kappa shape index (κ2) is 6.91. The molecule has 0 aromatic carbocycles. The van der Waals surface area contributed by atoms with Crippen molar-refractivity contribution in [3.63, 3.8) is 0 Å². The first-order chi connectivity index (χ1) is 9.49. The van der Waals surface area contributed by atoms with Crippen LogP contribution in [0.1, 0.15) is 27.7 Å². The van der Waals surface area contributed by atoms with Crippen LogP contribution in [0, 0.1) is 0 Å². The molecule has 0 N–H and O–H groups in total. The summed E-state index contributed by atoms with van der Waals surface area (Å²) in [6.07, 6.45) is 12.2. The maximum Gasteiger partial charge on any atom is -0.00732 e. The van der Waals surface area contributed by atoms with Crippen LogP contribution in [0.5, 0.6) is 0 Å². The van der Waals surface area contributed by atoms with Crippen LogP contribution in [0.25, 0.3) is 0 Å². The van der Waals surface area contributed by atoms with E-state index in [4.69, 9.17) is 0 Å². The van der Waals surface area contributed by atoms with E-state index in [0.29, 0.717) is 0 Å². The Kier molecular flexibility index (Phi) is 5.52. The molecule has 0 bridgehead atoms. The van der Waals surface area contributed by atoms with Crippen molar-refractivity contribution in [1.82, 2.24) is 0 Å². The van der Waals surface area contributed by atoms with Crippen LogP contribution in [-0.4, -0.2) is 0 Å². The number of hydrogen-bond acceptors (Lipinski definition) is 0. The molecule has 0 nitrogen and oxygen atoms in total. The third kappa shape index (κ3) is 2.91. The Balaban J connectivity index is 3.48. The molecule has 1 rings (SSSR count). The number of allylic oxidation sites excluding steroid dienone is 13. The van der Waals surface area contributed by atoms with Gasteiger partial charge in [0.2, 0.25) is 0 Å². The van der Waals surface area contributed by atoms with Crippen LogP contribution in [0.15, 0.2) is 95.2 Å². The zero-order chi connectivity index (χ0) is 15.3. The van der Waals surface area contributed by atoms with Gasteiger partial charge in [-0.05, 0) is 61.1 Å². The van der Waals surface area contributed by atoms with Gasteiger partial charge in [-0.2, -0.15) is 0 Å². The molecule has 0 heterocycles. The molecule has 0 heteroatoms. The molecule has 1 aliphatic rings. The van der Waals surface area contributed by atoms with Gasteiger partial charge in [-0.25, -0.2) is 0 Å². The smallest absolute Gasteiger partial charge is 0.00732 e. The van der Waals surface area contributed by atoms with Gasteiger partial charge in [-0.15, -0.1) is 0 Å². The second-order valence-electron chi connectivity index (χ2n) is 4.90. The van der Waals surface area contributed by atoms with Crippen molar-refractivity contribution in [3.8, 4) is 0 Å². The highest BCUT2D eigenvalue weighted by atomic mass is 14.3. The van der Waals surface area contributed by atoms with Gasteiger partial charge < -0.3 is 0 Å². The minimum atomic E-state index is 1.05. The molecule has 1 aliphatic carbocycles. The molecule has 0 radical (unpaired) electrons. The fraction of sp³-hybridized carbons (Fsp3) is 0.200. The Morgan fingerprint density at radius 2 is 1.75 bits per heavy atom. The Hall–Kier alpha value is -2.08. The SMILES string of the molecule is C=CC1=C(/C=C\C)C(=C)C(/C(=C\C=C/C)C(=C)C)=C1C. The van der Waals surface area contributed by atoms with E-state index in [1.807, 2.05) is 45.1 Å². The average Bonchev–Trinajstić information content (AvgIpc) is 2.63. The third-order valence-corrected chi connectivity index (χ3v) is 3.42. The summed E-state index contributed by atoms with van der Waals surface area (Å²) in [6.45, 7) is 20.5. The van der Waals surface area contributed by atoms with Crippen molar-refractivity contribution in [2.24, 2.45) is 0 Å². The normalized spacial score (nSPS) is 17.0. The van der Waals surface area contributed by atoms with Gasteiger partial charge in [0.15, 0.2) is 0 Å². The molecular formula is C20H24. The van der Waals surface area contributed by atoms with E-state index >= 15 is 0 Å². The minimum absolute atomic E-state index is 1.05. The Morgan fingerprint density at radius 3 is 2.20 bits per heavy atom. The first-order valence-corrected chi connectivity index (χ1v) is 6.89. The van der Waals surface area contributed by atoms with Crippen molar-refractivity contribution < 1.29 is 0 Å². The summed E-state index contributed by atoms with van der Waals surface area (Å²) in [7, 11) is 0. The topological polar surface area (TPSA) is 0 Å². The second-order valence-corrected chi connectivity index (χ2v) is 4.90. The molecule has 0 atom stereocenters. The summed E-state index contributed by atoms with van der Waals surface area (Å²) >= 11 is 0. The summed E-state index contributed by atoms with van der Waals surface area (Å²) in [5.74, 6) is 0. The molecule has 0 spiro atoms. The molecular weight excluding hydrogens is 240 g/mol. The van der Waals surface area contributed by atoms with Gasteiger partial charge in [-0.3, -0.25) is 0 Å². The Bertz CT molecular complexity index is 596. The molecule has 0 aromatic heterocycles. The lowest BCUT2D eigenvalue weighted by molar-refractivity contribution is 1.32. The molecule has 20 heavy (non-hydrogen) atoms. The molecule has 0 aliphatic heterocycles. The fourth-order valence-corrected chi connectivity index (χ4v) is 2.48. The number of rotatable bonds is 5. The van der Waals surface area contributed by atoms with E-state index < -0.39 is 0 Å². The average molecular weight is 264 g/mol. The molecule has 104 valence electrons. The summed E-state index contributed by atoms with van der Waals surface area (Å²) in [5.41, 5.74) is 7.95. The first-order valence-electron chi connectivity index (χ1n) is 6.89. The van der Waals surface area contributed by atoms with Crippen LogP contribution >= 0.6 is 0 Å². The molecule has 0 unspecified atom stereocenters. The monoisotopic (exact) mass is 264 g/mol. The number of hydrogen-bond donors (Lipinski definition) is 0. The van der Waals surface area contributed by atoms with E-state index in [1.165, 1.54) is 11.1 Å². The van der Waals surface area contributed by atoms with Crippen LogP contribution < -0.4 is 0 Å². The highest BCUT2D eigenvalue weighted by Gasteiger charge is 2.24. The van der Waals surface area contributed by atoms with Crippen LogP contribution in [0.3, 0.4) is 0 Å². The Morgan fingerprint density at radius 1 is 1.10 bits per heavy atom. The zero-order valence-corrected chi connectivity index (χ0v) is 13.1. The third-order valence-electron chi connectivity index (χ3n) is 3.42. The van der Waals surface area contributed by atoms with Crippen molar-refractivity contribution in [2.75, 3.05) is 0 Å². The summed E-state index contributed by atoms with van der Waals surface area (Å²) in [6, 6.07) is 0. The van der Waals surface area contributed by atoms with E-state index in [-0.39, 0.29) is 0 Å². The minimum Gasteiger partial charge on any atom is -0.0984 e. The quantitative estimate of drug-likeness (QED) is 0.533. The molecule has 0 saturated heterocycles. The lowest BCUT2D eigenvalue weighted by Gasteiger charge is -2.12. The van der Waals surface area contributed by atoms with Gasteiger partial charge >= 0.3 is 0 Å². The van der Waals surface area contributed by atoms with Gasteiger partial charge in [-0.1, -0.05) is 61.8 Å². The maximum absolute atomic E-state index is 4.27. The van der Waals surface area contributed by atoms with E-state index in [2.05, 4.69) is 38.8 Å². The standard InChI is InChI=1S/C20H24/c1-8-11-13-18(14(4)5)20-15(6)17(10-3)19(12-9-2)16(20)7/h8-13H,3-4,7H2,1-2,5-6H3/b11-8-,12-9-,18-13-. The fourth-order valence-electron chi connectivity index (χ4n) is 2.48. The lowest BCUT2D eigenvalue weighted by atomic mass is 9.92. The summed E-state index contributed by atoms with van der Waals surface area (Å²) in [5, 5.41) is 0. The van der Waals surface area contributed by atoms with Crippen LogP contribution in [0.4, 0.5) is 0 Å². The first kappa shape index (κ1) is 16.0. The molecule has 0 fully saturated rings. The van der Waals surface area contributed by atoms with Gasteiger partial charge in [0.25, 0.3) is 0 Å². The largest absolute Gasteiger partial charge is 0.0984 e. The predicted molar refractivity (Wildman–Crippen MR) is 91.6 cm³/mol. The van der Waals surface area contributed by atoms with Gasteiger partial charge in [0, 0.05) is 0 Å². The van der Waals surface area contributed by atoms with Crippen LogP contribution in [0.2, 0.25) is 0 Å². The zero-order valence-electron chi connectivity index (χ0n) is 13.1. The highest BCUT2D eigenvalue weighted by Crippen LogP contribution is 2.42. The van der Waals surface area contributed by atoms with Gasteiger partial charge in [0.1, 0.15) is 0 Å². The molecule has 0 amide bonds. The van der Waals surface area contributed by atoms with E-state index in [0.717, 1.165) is 27.9 Å². The van der Waals surface area contributed by atoms with Crippen molar-refractivity contribution in [3.05, 3.63) is 95.2 Å². The maximum atomic E-state index is 4.27. The predicted octanol–water partition coefficient (Wildman–Crippen LogP) is 6.01. The lowest BCUT2D eigenvalue weighted by Crippen LogP contribution is -1.94. The van der Waals surface area contributed by atoms with E-state index in [9.17, 15) is 0 Å². The summed E-state index contributed by atoms with van der Waals surface area (Å²) < 4.78 is 0. The molecule has 0 saturated carbocycles. The summed E-state index contributed by atoms with van der Waals surface area (Å²) in [4.78, 5) is 0. The van der Waals surface area contributed by atoms with Crippen molar-refractivity contribution in [1.29, 1.82) is 0 Å². The highest BCUT2D eigenvalue weighted by molar-refractivity contribution is 5.75. The Labute approximate surface area is 123 Å². The molecule has 0 aromatic rings. The van der Waals surface area contributed by atoms with Crippen molar-refractivity contribution in [2.45, 2.75) is 27.7 Å².